The molecule has 0 aromatic heterocycles. The maximum Gasteiger partial charge on any atom is 0.101 e. The van der Waals surface area contributed by atoms with E-state index in [4.69, 9.17) is 5.11 Å². The molecule has 0 aliphatic heterocycles. The first kappa shape index (κ1) is 3.70. The van der Waals surface area contributed by atoms with Gasteiger partial charge in [0.2, 0.25) is 0 Å². The van der Waals surface area contributed by atoms with E-state index in [0.29, 0.717) is 0 Å². The molecule has 4 heavy (non-hydrogen) atoms. The minimum Gasteiger partial charge on any atom is -0.232 e. The minimum atomic E-state index is -0.278. The van der Waals surface area contributed by atoms with Crippen LogP contribution in [0, 0.1) is 6.58 Å². The van der Waals surface area contributed by atoms with Crippen LogP contribution in [0.25, 0.3) is 0 Å². The molecule has 2 radical (unpaired) electrons. The van der Waals surface area contributed by atoms with Crippen molar-refractivity contribution in [1.29, 1.82) is 0 Å². The summed E-state index contributed by atoms with van der Waals surface area (Å²) < 4.78 is 0. The third-order valence-electron chi connectivity index (χ3n) is 0.0962. The summed E-state index contributed by atoms with van der Waals surface area (Å²) in [7, 11) is 0. The van der Waals surface area contributed by atoms with E-state index in [-0.39, 0.29) is 6.61 Å². The lowest BCUT2D eigenvalue weighted by molar-refractivity contribution is 0.232. The second-order valence-corrected chi connectivity index (χ2v) is 0.402. The Kier molecular flexibility index (Phi) is 2.50. The summed E-state index contributed by atoms with van der Waals surface area (Å²) in [4.78, 5) is 0. The van der Waals surface area contributed by atoms with Gasteiger partial charge in [-0.25, -0.2) is 5.11 Å². The van der Waals surface area contributed by atoms with E-state index in [1.807, 2.05) is 0 Å². The zero-order valence-corrected chi connectivity index (χ0v) is 2.27. The van der Waals surface area contributed by atoms with Crippen LogP contribution in [0.5, 0.6) is 0 Å². The van der Waals surface area contributed by atoms with Gasteiger partial charge < -0.3 is 0 Å². The molecule has 0 fully saturated rings. The molecule has 0 aromatic carbocycles. The molecule has 0 atom stereocenters. The van der Waals surface area contributed by atoms with E-state index in [2.05, 4.69) is 6.58 Å². The maximum absolute atomic E-state index is 9.12. The normalized spacial score (nSPS) is 6.25. The summed E-state index contributed by atoms with van der Waals surface area (Å²) in [5.41, 5.74) is 0. The molecule has 0 saturated carbocycles. The molecule has 0 N–H and O–H groups in total. The highest BCUT2D eigenvalue weighted by Gasteiger charge is 1.49. The summed E-state index contributed by atoms with van der Waals surface area (Å²) >= 11 is 0. The summed E-state index contributed by atoms with van der Waals surface area (Å²) in [5, 5.41) is 9.12. The first-order valence-electron chi connectivity index (χ1n) is 1.03. The van der Waals surface area contributed by atoms with E-state index in [9.17, 15) is 0 Å². The Morgan fingerprint density at radius 2 is 2.25 bits per heavy atom. The lowest BCUT2D eigenvalue weighted by atomic mass is 10.7. The SMILES string of the molecule is [CH]=CC[O]. The molecule has 0 heterocycles. The van der Waals surface area contributed by atoms with Gasteiger partial charge >= 0.3 is 0 Å². The van der Waals surface area contributed by atoms with Crippen molar-refractivity contribution in [3.05, 3.63) is 12.7 Å². The van der Waals surface area contributed by atoms with Gasteiger partial charge in [0.05, 0.1) is 0 Å². The average molecular weight is 56.1 g/mol. The van der Waals surface area contributed by atoms with Crippen LogP contribution in [0.3, 0.4) is 0 Å². The van der Waals surface area contributed by atoms with Crippen molar-refractivity contribution in [2.45, 2.75) is 0 Å². The summed E-state index contributed by atoms with van der Waals surface area (Å²) in [5.74, 6) is 0. The van der Waals surface area contributed by atoms with E-state index < -0.39 is 0 Å². The maximum atomic E-state index is 9.12. The molecule has 22 valence electrons. The Hall–Kier alpha value is -0.300. The molecule has 0 spiro atoms. The highest BCUT2D eigenvalue weighted by molar-refractivity contribution is 4.55. The summed E-state index contributed by atoms with van der Waals surface area (Å²) in [6.45, 7) is 4.31. The third kappa shape index (κ3) is 1.70. The van der Waals surface area contributed by atoms with Crippen LogP contribution < -0.4 is 0 Å². The average Bonchev–Trinajstić information content (AvgIpc) is 1.37. The van der Waals surface area contributed by atoms with Gasteiger partial charge in [-0.15, -0.1) is 0 Å². The Bertz CT molecular complexity index is 17.2. The molecule has 0 aliphatic rings. The minimum absolute atomic E-state index is 0.278. The van der Waals surface area contributed by atoms with Crippen molar-refractivity contribution >= 4 is 0 Å². The third-order valence-corrected chi connectivity index (χ3v) is 0.0962. The second kappa shape index (κ2) is 2.70. The van der Waals surface area contributed by atoms with Crippen LogP contribution in [0.4, 0.5) is 0 Å². The molecule has 0 aromatic rings. The van der Waals surface area contributed by atoms with Crippen molar-refractivity contribution in [2.75, 3.05) is 6.61 Å². The molecule has 0 rings (SSSR count). The van der Waals surface area contributed by atoms with Gasteiger partial charge in [-0.1, -0.05) is 12.7 Å². The van der Waals surface area contributed by atoms with Gasteiger partial charge in [0.25, 0.3) is 0 Å². The fraction of sp³-hybridized carbons (Fsp3) is 0.333. The summed E-state index contributed by atoms with van der Waals surface area (Å²) in [6.07, 6.45) is 1.07. The van der Waals surface area contributed by atoms with Gasteiger partial charge in [0.1, 0.15) is 6.61 Å². The number of hydrogen-bond acceptors (Lipinski definition) is 0. The van der Waals surface area contributed by atoms with Crippen LogP contribution in [0.15, 0.2) is 6.08 Å². The van der Waals surface area contributed by atoms with Crippen LogP contribution >= 0.6 is 0 Å². The van der Waals surface area contributed by atoms with Crippen LogP contribution in [-0.2, 0) is 5.11 Å². The van der Waals surface area contributed by atoms with E-state index in [1.54, 1.807) is 0 Å². The zero-order chi connectivity index (χ0) is 3.41. The molecule has 1 nitrogen and oxygen atoms in total. The molecule has 0 saturated heterocycles. The fourth-order valence-corrected chi connectivity index (χ4v) is 0. The molecule has 0 amide bonds. The number of rotatable bonds is 1. The zero-order valence-electron chi connectivity index (χ0n) is 2.27. The van der Waals surface area contributed by atoms with Gasteiger partial charge in [-0.2, -0.15) is 0 Å². The van der Waals surface area contributed by atoms with Gasteiger partial charge in [0, 0.05) is 0 Å². The Morgan fingerprint density at radius 3 is 2.25 bits per heavy atom. The standard InChI is InChI=1S/C3H4O/c1-2-3-4/h1-2H,3H2. The van der Waals surface area contributed by atoms with E-state index in [1.165, 1.54) is 0 Å². The van der Waals surface area contributed by atoms with Crippen molar-refractivity contribution in [2.24, 2.45) is 0 Å². The van der Waals surface area contributed by atoms with E-state index >= 15 is 0 Å². The second-order valence-electron chi connectivity index (χ2n) is 0.402. The topological polar surface area (TPSA) is 19.9 Å². The Balaban J connectivity index is 2.30. The van der Waals surface area contributed by atoms with Crippen molar-refractivity contribution in [3.63, 3.8) is 0 Å². The lowest BCUT2D eigenvalue weighted by Gasteiger charge is -1.54. The smallest absolute Gasteiger partial charge is 0.101 e. The van der Waals surface area contributed by atoms with Gasteiger partial charge in [-0.05, 0) is 0 Å². The monoisotopic (exact) mass is 56.0 g/mol. The predicted molar refractivity (Wildman–Crippen MR) is 14.4 cm³/mol. The van der Waals surface area contributed by atoms with Crippen molar-refractivity contribution in [1.82, 2.24) is 0 Å². The molecular formula is C3H4O. The Labute approximate surface area is 25.6 Å². The fourth-order valence-electron chi connectivity index (χ4n) is 0. The van der Waals surface area contributed by atoms with Gasteiger partial charge in [-0.3, -0.25) is 0 Å². The largest absolute Gasteiger partial charge is 0.232 e. The summed E-state index contributed by atoms with van der Waals surface area (Å²) in [6, 6.07) is 0. The predicted octanol–water partition coefficient (Wildman–Crippen LogP) is 0.406. The Morgan fingerprint density at radius 1 is 2.00 bits per heavy atom. The molecule has 1 heteroatoms. The molecule has 0 bridgehead atoms. The van der Waals surface area contributed by atoms with Crippen LogP contribution in [0.2, 0.25) is 0 Å². The van der Waals surface area contributed by atoms with Gasteiger partial charge in [0.15, 0.2) is 0 Å². The quantitative estimate of drug-likeness (QED) is 0.414. The number of hydrogen-bond donors (Lipinski definition) is 0. The highest BCUT2D eigenvalue weighted by atomic mass is 16.2. The van der Waals surface area contributed by atoms with Crippen molar-refractivity contribution < 1.29 is 5.11 Å². The first-order valence-corrected chi connectivity index (χ1v) is 1.03. The molecule has 0 unspecified atom stereocenters. The highest BCUT2D eigenvalue weighted by Crippen LogP contribution is 1.47. The lowest BCUT2D eigenvalue weighted by Crippen LogP contribution is -1.58. The first-order chi connectivity index (χ1) is 1.91. The van der Waals surface area contributed by atoms with Crippen molar-refractivity contribution in [3.8, 4) is 0 Å². The van der Waals surface area contributed by atoms with Crippen LogP contribution in [-0.4, -0.2) is 6.61 Å². The molecular weight excluding hydrogens is 52.0 g/mol. The van der Waals surface area contributed by atoms with Crippen LogP contribution in [0.1, 0.15) is 0 Å². The molecule has 0 aliphatic carbocycles. The van der Waals surface area contributed by atoms with E-state index in [0.717, 1.165) is 6.08 Å².